The summed E-state index contributed by atoms with van der Waals surface area (Å²) in [6, 6.07) is 6.44. The molecule has 2 aromatic carbocycles. The van der Waals surface area contributed by atoms with E-state index < -0.39 is 34.6 Å². The number of carbonyl (C=O) groups excluding carboxylic acids is 1. The summed E-state index contributed by atoms with van der Waals surface area (Å²) in [6.45, 7) is 5.02. The molecule has 9 heteroatoms. The zero-order valence-corrected chi connectivity index (χ0v) is 17.8. The Hall–Kier alpha value is -2.62. The van der Waals surface area contributed by atoms with Gasteiger partial charge in [0.05, 0.1) is 43.2 Å². The molecule has 0 unspecified atom stereocenters. The molecule has 2 heterocycles. The van der Waals surface area contributed by atoms with Crippen molar-refractivity contribution in [3.05, 3.63) is 58.9 Å². The van der Waals surface area contributed by atoms with E-state index in [0.717, 1.165) is 11.6 Å². The van der Waals surface area contributed by atoms with Crippen molar-refractivity contribution in [1.82, 2.24) is 9.80 Å². The summed E-state index contributed by atoms with van der Waals surface area (Å²) in [5.74, 6) is -3.61. The topological polar surface area (TPSA) is 65.0 Å². The summed E-state index contributed by atoms with van der Waals surface area (Å²) in [5.41, 5.74) is -0.934. The first-order valence-corrected chi connectivity index (χ1v) is 10.6. The number of aryl methyl sites for hydroxylation is 1. The Bertz CT molecular complexity index is 1010. The number of amides is 1. The van der Waals surface area contributed by atoms with Crippen molar-refractivity contribution in [2.45, 2.75) is 18.9 Å². The van der Waals surface area contributed by atoms with E-state index in [9.17, 15) is 23.1 Å². The number of aliphatic hydroxyl groups is 1. The van der Waals surface area contributed by atoms with Gasteiger partial charge in [-0.15, -0.1) is 0 Å². The van der Waals surface area contributed by atoms with Crippen LogP contribution in [0.25, 0.3) is 0 Å². The lowest BCUT2D eigenvalue weighted by atomic mass is 9.92. The highest BCUT2D eigenvalue weighted by molar-refractivity contribution is 6.01. The normalized spacial score (nSPS) is 18.3. The average molecular weight is 449 g/mol. The number of β-amino-alcohol motifs (C(OH)–C–C–N with tert-alkyl or cyclic N) is 1. The molecule has 0 saturated carbocycles. The molecule has 2 N–H and O–H groups in total. The molecular formula is C23H26F3N3O3. The third-order valence-electron chi connectivity index (χ3n) is 5.91. The van der Waals surface area contributed by atoms with Gasteiger partial charge in [0.15, 0.2) is 11.6 Å². The maximum Gasteiger partial charge on any atom is 0.256 e. The van der Waals surface area contributed by atoms with Crippen LogP contribution >= 0.6 is 0 Å². The van der Waals surface area contributed by atoms with E-state index in [-0.39, 0.29) is 24.3 Å². The van der Waals surface area contributed by atoms with Crippen LogP contribution < -0.4 is 5.32 Å². The Labute approximate surface area is 184 Å². The number of benzene rings is 2. The zero-order chi connectivity index (χ0) is 22.9. The molecule has 0 radical (unpaired) electrons. The van der Waals surface area contributed by atoms with E-state index in [0.29, 0.717) is 39.3 Å². The predicted molar refractivity (Wildman–Crippen MR) is 114 cm³/mol. The van der Waals surface area contributed by atoms with Crippen molar-refractivity contribution >= 4 is 17.3 Å². The standard InChI is InChI=1S/C23H26F3N3O3/c1-2-15-3-6-19(18(25)11-15)27-21-16(4-5-17(24)20(21)26)22(30)29-13-23(31,14-29)12-28-7-9-32-10-8-28/h3-6,11,27,31H,2,7-10,12-14H2,1H3. The van der Waals surface area contributed by atoms with Gasteiger partial charge in [-0.2, -0.15) is 0 Å². The predicted octanol–water partition coefficient (Wildman–Crippen LogP) is 2.93. The molecule has 2 fully saturated rings. The third-order valence-corrected chi connectivity index (χ3v) is 5.91. The quantitative estimate of drug-likeness (QED) is 0.710. The van der Waals surface area contributed by atoms with Crippen LogP contribution in [0.1, 0.15) is 22.8 Å². The highest BCUT2D eigenvalue weighted by Crippen LogP contribution is 2.32. The molecule has 2 aliphatic rings. The van der Waals surface area contributed by atoms with Crippen LogP contribution in [0, 0.1) is 17.5 Å². The van der Waals surface area contributed by atoms with Crippen LogP contribution in [0.3, 0.4) is 0 Å². The summed E-state index contributed by atoms with van der Waals surface area (Å²) in [6.07, 6.45) is 0.623. The molecule has 32 heavy (non-hydrogen) atoms. The smallest absolute Gasteiger partial charge is 0.256 e. The Morgan fingerprint density at radius 1 is 1.12 bits per heavy atom. The lowest BCUT2D eigenvalue weighted by Gasteiger charge is -2.49. The Morgan fingerprint density at radius 2 is 1.84 bits per heavy atom. The second kappa shape index (κ2) is 9.09. The highest BCUT2D eigenvalue weighted by atomic mass is 19.2. The molecule has 0 aromatic heterocycles. The number of halogens is 3. The molecule has 0 atom stereocenters. The van der Waals surface area contributed by atoms with Crippen molar-refractivity contribution in [3.8, 4) is 0 Å². The number of anilines is 2. The fourth-order valence-electron chi connectivity index (χ4n) is 4.12. The van der Waals surface area contributed by atoms with E-state index in [1.165, 1.54) is 23.1 Å². The number of ether oxygens (including phenoxy) is 1. The monoisotopic (exact) mass is 449 g/mol. The van der Waals surface area contributed by atoms with Gasteiger partial charge in [0.2, 0.25) is 0 Å². The van der Waals surface area contributed by atoms with Gasteiger partial charge in [-0.25, -0.2) is 13.2 Å². The highest BCUT2D eigenvalue weighted by Gasteiger charge is 2.45. The zero-order valence-electron chi connectivity index (χ0n) is 17.8. The molecule has 6 nitrogen and oxygen atoms in total. The first kappa shape index (κ1) is 22.6. The molecule has 4 rings (SSSR count). The van der Waals surface area contributed by atoms with Gasteiger partial charge in [0.25, 0.3) is 5.91 Å². The molecular weight excluding hydrogens is 423 g/mol. The summed E-state index contributed by atoms with van der Waals surface area (Å²) in [7, 11) is 0. The van der Waals surface area contributed by atoms with Crippen molar-refractivity contribution in [2.24, 2.45) is 0 Å². The number of hydrogen-bond donors (Lipinski definition) is 2. The van der Waals surface area contributed by atoms with Gasteiger partial charge in [0, 0.05) is 19.6 Å². The first-order valence-electron chi connectivity index (χ1n) is 10.6. The van der Waals surface area contributed by atoms with Crippen molar-refractivity contribution in [3.63, 3.8) is 0 Å². The van der Waals surface area contributed by atoms with E-state index in [1.54, 1.807) is 6.07 Å². The minimum Gasteiger partial charge on any atom is -0.385 e. The molecule has 2 aliphatic heterocycles. The van der Waals surface area contributed by atoms with Crippen LogP contribution in [0.2, 0.25) is 0 Å². The lowest BCUT2D eigenvalue weighted by molar-refractivity contribution is -0.107. The Morgan fingerprint density at radius 3 is 2.50 bits per heavy atom. The number of nitrogens with zero attached hydrogens (tertiary/aromatic N) is 2. The largest absolute Gasteiger partial charge is 0.385 e. The second-order valence-electron chi connectivity index (χ2n) is 8.35. The van der Waals surface area contributed by atoms with Gasteiger partial charge in [-0.3, -0.25) is 9.69 Å². The molecule has 1 amide bonds. The van der Waals surface area contributed by atoms with Gasteiger partial charge in [-0.05, 0) is 36.2 Å². The molecule has 0 spiro atoms. The lowest BCUT2D eigenvalue weighted by Crippen LogP contribution is -2.68. The fourth-order valence-corrected chi connectivity index (χ4v) is 4.12. The van der Waals surface area contributed by atoms with Crippen LogP contribution in [0.5, 0.6) is 0 Å². The average Bonchev–Trinajstić information content (AvgIpc) is 2.76. The van der Waals surface area contributed by atoms with Crippen LogP contribution in [0.4, 0.5) is 24.5 Å². The van der Waals surface area contributed by atoms with Gasteiger partial charge in [-0.1, -0.05) is 13.0 Å². The Balaban J connectivity index is 1.51. The van der Waals surface area contributed by atoms with Gasteiger partial charge in [0.1, 0.15) is 11.4 Å². The summed E-state index contributed by atoms with van der Waals surface area (Å²) in [5, 5.41) is 13.3. The summed E-state index contributed by atoms with van der Waals surface area (Å²) >= 11 is 0. The molecule has 2 saturated heterocycles. The van der Waals surface area contributed by atoms with Gasteiger partial charge >= 0.3 is 0 Å². The molecule has 172 valence electrons. The minimum absolute atomic E-state index is 0.0619. The number of hydrogen-bond acceptors (Lipinski definition) is 5. The van der Waals surface area contributed by atoms with Gasteiger partial charge < -0.3 is 20.1 Å². The van der Waals surface area contributed by atoms with Crippen LogP contribution in [-0.2, 0) is 11.2 Å². The second-order valence-corrected chi connectivity index (χ2v) is 8.35. The van der Waals surface area contributed by atoms with E-state index in [2.05, 4.69) is 10.2 Å². The molecule has 0 aliphatic carbocycles. The van der Waals surface area contributed by atoms with E-state index in [4.69, 9.17) is 4.74 Å². The Kier molecular flexibility index (Phi) is 6.41. The molecule has 0 bridgehead atoms. The number of likely N-dealkylation sites (tertiary alicyclic amines) is 1. The first-order chi connectivity index (χ1) is 15.3. The number of nitrogens with one attached hydrogen (secondary N) is 1. The van der Waals surface area contributed by atoms with Crippen molar-refractivity contribution in [1.29, 1.82) is 0 Å². The maximum atomic E-state index is 14.6. The number of rotatable bonds is 6. The number of morpholine rings is 1. The fraction of sp³-hybridized carbons (Fsp3) is 0.435. The van der Waals surface area contributed by atoms with Crippen LogP contribution in [-0.4, -0.2) is 72.4 Å². The van der Waals surface area contributed by atoms with E-state index in [1.807, 2.05) is 6.92 Å². The number of carbonyl (C=O) groups is 1. The summed E-state index contributed by atoms with van der Waals surface area (Å²) in [4.78, 5) is 16.5. The molecule has 2 aromatic rings. The van der Waals surface area contributed by atoms with Crippen molar-refractivity contribution < 1.29 is 27.8 Å². The van der Waals surface area contributed by atoms with Crippen LogP contribution in [0.15, 0.2) is 30.3 Å². The SMILES string of the molecule is CCc1ccc(Nc2c(C(=O)N3CC(O)(CN4CCOCC4)C3)ccc(F)c2F)c(F)c1. The van der Waals surface area contributed by atoms with E-state index >= 15 is 0 Å². The van der Waals surface area contributed by atoms with Crippen molar-refractivity contribution in [2.75, 3.05) is 51.3 Å². The minimum atomic E-state index is -1.26. The maximum absolute atomic E-state index is 14.6. The summed E-state index contributed by atoms with van der Waals surface area (Å²) < 4.78 is 48.3. The third kappa shape index (κ3) is 4.60.